The van der Waals surface area contributed by atoms with E-state index in [4.69, 9.17) is 5.73 Å². The molecule has 0 aliphatic carbocycles. The first-order valence-electron chi connectivity index (χ1n) is 3.78. The third-order valence-corrected chi connectivity index (χ3v) is 2.44. The minimum atomic E-state index is -0.613. The van der Waals surface area contributed by atoms with Crippen molar-refractivity contribution in [3.8, 4) is 0 Å². The van der Waals surface area contributed by atoms with Crippen LogP contribution >= 0.6 is 15.9 Å². The van der Waals surface area contributed by atoms with Crippen LogP contribution in [-0.2, 0) is 0 Å². The van der Waals surface area contributed by atoms with E-state index >= 15 is 0 Å². The highest BCUT2D eigenvalue weighted by atomic mass is 79.9. The van der Waals surface area contributed by atoms with E-state index in [0.29, 0.717) is 0 Å². The molecule has 0 aromatic heterocycles. The van der Waals surface area contributed by atoms with Crippen LogP contribution in [0.25, 0.3) is 0 Å². The van der Waals surface area contributed by atoms with Crippen molar-refractivity contribution in [1.82, 2.24) is 0 Å². The predicted molar refractivity (Wildman–Crippen MR) is 52.1 cm³/mol. The van der Waals surface area contributed by atoms with Gasteiger partial charge in [-0.1, -0.05) is 6.07 Å². The van der Waals surface area contributed by atoms with Crippen LogP contribution in [0.15, 0.2) is 22.7 Å². The number of Topliss-reactive ketones (excluding diaryl/α,β-unsaturated/α-hetero) is 1. The Kier molecular flexibility index (Phi) is 3.17. The summed E-state index contributed by atoms with van der Waals surface area (Å²) >= 11 is 3.00. The number of rotatable bonds is 2. The fourth-order valence-electron chi connectivity index (χ4n) is 0.939. The first-order chi connectivity index (χ1) is 6.04. The molecule has 0 fully saturated rings. The monoisotopic (exact) mass is 245 g/mol. The molecule has 0 saturated heterocycles. The number of ketones is 1. The van der Waals surface area contributed by atoms with E-state index in [1.54, 1.807) is 13.0 Å². The molecule has 1 unspecified atom stereocenters. The van der Waals surface area contributed by atoms with Gasteiger partial charge >= 0.3 is 0 Å². The first-order valence-corrected chi connectivity index (χ1v) is 4.57. The molecule has 0 aliphatic rings. The van der Waals surface area contributed by atoms with E-state index in [1.807, 2.05) is 0 Å². The van der Waals surface area contributed by atoms with Gasteiger partial charge in [0.05, 0.1) is 10.5 Å². The Hall–Kier alpha value is -0.740. The normalized spacial score (nSPS) is 12.6. The Bertz CT molecular complexity index is 338. The largest absolute Gasteiger partial charge is 0.321 e. The summed E-state index contributed by atoms with van der Waals surface area (Å²) in [7, 11) is 0. The van der Waals surface area contributed by atoms with Gasteiger partial charge in [-0.3, -0.25) is 4.79 Å². The van der Waals surface area contributed by atoms with Crippen molar-refractivity contribution in [2.24, 2.45) is 5.73 Å². The third-order valence-electron chi connectivity index (χ3n) is 1.63. The molecule has 0 spiro atoms. The zero-order chi connectivity index (χ0) is 10.0. The van der Waals surface area contributed by atoms with Crippen molar-refractivity contribution in [3.05, 3.63) is 34.1 Å². The molecule has 13 heavy (non-hydrogen) atoms. The average molecular weight is 246 g/mol. The maximum absolute atomic E-state index is 13.0. The van der Waals surface area contributed by atoms with Gasteiger partial charge in [-0.05, 0) is 35.0 Å². The van der Waals surface area contributed by atoms with E-state index in [0.717, 1.165) is 0 Å². The fourth-order valence-corrected chi connectivity index (χ4v) is 1.40. The Balaban J connectivity index is 3.15. The molecule has 0 aliphatic heterocycles. The minimum Gasteiger partial charge on any atom is -0.321 e. The highest BCUT2D eigenvalue weighted by Gasteiger charge is 2.15. The quantitative estimate of drug-likeness (QED) is 0.812. The van der Waals surface area contributed by atoms with E-state index in [9.17, 15) is 9.18 Å². The number of carbonyl (C=O) groups is 1. The molecular formula is C9H9BrFNO. The lowest BCUT2D eigenvalue weighted by Gasteiger charge is -2.06. The maximum atomic E-state index is 13.0. The van der Waals surface area contributed by atoms with Crippen LogP contribution in [0.1, 0.15) is 17.3 Å². The number of nitrogens with two attached hydrogens (primary N) is 1. The van der Waals surface area contributed by atoms with Crippen molar-refractivity contribution in [2.45, 2.75) is 13.0 Å². The molecule has 0 amide bonds. The fraction of sp³-hybridized carbons (Fsp3) is 0.222. The SMILES string of the molecule is CC(N)C(=O)c1cccc(F)c1Br. The molecule has 2 N–H and O–H groups in total. The molecule has 0 bridgehead atoms. The molecular weight excluding hydrogens is 237 g/mol. The van der Waals surface area contributed by atoms with Gasteiger partial charge in [-0.25, -0.2) is 4.39 Å². The lowest BCUT2D eigenvalue weighted by molar-refractivity contribution is 0.0966. The average Bonchev–Trinajstić information content (AvgIpc) is 2.08. The maximum Gasteiger partial charge on any atom is 0.180 e. The van der Waals surface area contributed by atoms with Crippen molar-refractivity contribution in [2.75, 3.05) is 0 Å². The van der Waals surface area contributed by atoms with E-state index in [2.05, 4.69) is 15.9 Å². The summed E-state index contributed by atoms with van der Waals surface area (Å²) in [5.41, 5.74) is 5.68. The molecule has 1 rings (SSSR count). The highest BCUT2D eigenvalue weighted by molar-refractivity contribution is 9.10. The molecule has 4 heteroatoms. The van der Waals surface area contributed by atoms with Crippen LogP contribution in [0.4, 0.5) is 4.39 Å². The second kappa shape index (κ2) is 3.98. The number of hydrogen-bond acceptors (Lipinski definition) is 2. The van der Waals surface area contributed by atoms with Gasteiger partial charge in [0.1, 0.15) is 5.82 Å². The Labute approximate surface area is 84.1 Å². The molecule has 0 heterocycles. The first kappa shape index (κ1) is 10.3. The summed E-state index contributed by atoms with van der Waals surface area (Å²) in [4.78, 5) is 11.4. The lowest BCUT2D eigenvalue weighted by Crippen LogP contribution is -2.27. The molecule has 70 valence electrons. The van der Waals surface area contributed by atoms with E-state index < -0.39 is 11.9 Å². The molecule has 0 radical (unpaired) electrons. The summed E-state index contributed by atoms with van der Waals surface area (Å²) in [6, 6.07) is 3.69. The summed E-state index contributed by atoms with van der Waals surface area (Å²) in [5.74, 6) is -0.724. The van der Waals surface area contributed by atoms with E-state index in [-0.39, 0.29) is 15.8 Å². The molecule has 1 aromatic rings. The Morgan fingerprint density at radius 1 is 1.62 bits per heavy atom. The highest BCUT2D eigenvalue weighted by Crippen LogP contribution is 2.21. The second-order valence-electron chi connectivity index (χ2n) is 2.75. The van der Waals surface area contributed by atoms with Crippen molar-refractivity contribution in [1.29, 1.82) is 0 Å². The van der Waals surface area contributed by atoms with Gasteiger partial charge in [0.15, 0.2) is 5.78 Å². The molecule has 0 saturated carbocycles. The Morgan fingerprint density at radius 3 is 2.77 bits per heavy atom. The zero-order valence-electron chi connectivity index (χ0n) is 7.05. The molecule has 1 atom stereocenters. The van der Waals surface area contributed by atoms with Crippen LogP contribution in [-0.4, -0.2) is 11.8 Å². The zero-order valence-corrected chi connectivity index (χ0v) is 8.64. The van der Waals surface area contributed by atoms with Gasteiger partial charge in [0.2, 0.25) is 0 Å². The van der Waals surface area contributed by atoms with Gasteiger partial charge in [-0.15, -0.1) is 0 Å². The van der Waals surface area contributed by atoms with Crippen LogP contribution < -0.4 is 5.73 Å². The van der Waals surface area contributed by atoms with Gasteiger partial charge < -0.3 is 5.73 Å². The van der Waals surface area contributed by atoms with Crippen LogP contribution in [0.2, 0.25) is 0 Å². The topological polar surface area (TPSA) is 43.1 Å². The lowest BCUT2D eigenvalue weighted by atomic mass is 10.1. The third kappa shape index (κ3) is 2.14. The van der Waals surface area contributed by atoms with Crippen LogP contribution in [0, 0.1) is 5.82 Å². The summed E-state index contributed by atoms with van der Waals surface area (Å²) in [5, 5.41) is 0. The number of hydrogen-bond donors (Lipinski definition) is 1. The van der Waals surface area contributed by atoms with Gasteiger partial charge in [0.25, 0.3) is 0 Å². The summed E-state index contributed by atoms with van der Waals surface area (Å²) < 4.78 is 13.1. The van der Waals surface area contributed by atoms with Gasteiger partial charge in [0, 0.05) is 5.56 Å². The summed E-state index contributed by atoms with van der Waals surface area (Å²) in [6.07, 6.45) is 0. The minimum absolute atomic E-state index is 0.178. The van der Waals surface area contributed by atoms with Crippen LogP contribution in [0.5, 0.6) is 0 Å². The summed E-state index contributed by atoms with van der Waals surface area (Å²) in [6.45, 7) is 1.57. The number of benzene rings is 1. The molecule has 2 nitrogen and oxygen atoms in total. The smallest absolute Gasteiger partial charge is 0.180 e. The van der Waals surface area contributed by atoms with Crippen molar-refractivity contribution < 1.29 is 9.18 Å². The van der Waals surface area contributed by atoms with Crippen LogP contribution in [0.3, 0.4) is 0 Å². The van der Waals surface area contributed by atoms with Crippen molar-refractivity contribution >= 4 is 21.7 Å². The van der Waals surface area contributed by atoms with Gasteiger partial charge in [-0.2, -0.15) is 0 Å². The van der Waals surface area contributed by atoms with Crippen molar-refractivity contribution in [3.63, 3.8) is 0 Å². The predicted octanol–water partition coefficient (Wildman–Crippen LogP) is 2.12. The second-order valence-corrected chi connectivity index (χ2v) is 3.55. The Morgan fingerprint density at radius 2 is 2.23 bits per heavy atom. The number of carbonyl (C=O) groups excluding carboxylic acids is 1. The number of halogens is 2. The standard InChI is InChI=1S/C9H9BrFNO/c1-5(12)9(13)6-3-2-4-7(11)8(6)10/h2-5H,12H2,1H3. The van der Waals surface area contributed by atoms with E-state index in [1.165, 1.54) is 12.1 Å². The molecule has 1 aromatic carbocycles.